The highest BCUT2D eigenvalue weighted by Crippen LogP contribution is 2.21. The van der Waals surface area contributed by atoms with E-state index in [1.165, 1.54) is 42.0 Å². The number of hydrogen-bond donors (Lipinski definition) is 3. The molecule has 0 unspecified atom stereocenters. The molecule has 4 aromatic rings. The molecule has 0 radical (unpaired) electrons. The highest BCUT2D eigenvalue weighted by atomic mass is 32.2. The fourth-order valence-electron chi connectivity index (χ4n) is 3.65. The van der Waals surface area contributed by atoms with E-state index in [1.807, 2.05) is 25.3 Å². The third-order valence-corrected chi connectivity index (χ3v) is 6.83. The molecule has 0 saturated heterocycles. The van der Waals surface area contributed by atoms with Gasteiger partial charge in [0, 0.05) is 33.9 Å². The first-order valence-electron chi connectivity index (χ1n) is 11.2. The summed E-state index contributed by atoms with van der Waals surface area (Å²) in [5.41, 5.74) is 6.33. The molecular formula is C26H26N4O4S. The zero-order valence-corrected chi connectivity index (χ0v) is 20.2. The van der Waals surface area contributed by atoms with E-state index in [0.29, 0.717) is 23.6 Å². The van der Waals surface area contributed by atoms with Crippen molar-refractivity contribution in [2.75, 3.05) is 11.3 Å². The molecule has 180 valence electrons. The van der Waals surface area contributed by atoms with Crippen molar-refractivity contribution in [3.05, 3.63) is 89.6 Å². The maximum atomic E-state index is 12.6. The molecule has 1 amide bonds. The average Bonchev–Trinajstić information content (AvgIpc) is 3.28. The first kappa shape index (κ1) is 24.0. The molecule has 3 aromatic carbocycles. The number of anilines is 1. The molecule has 1 heterocycles. The van der Waals surface area contributed by atoms with Gasteiger partial charge in [0.15, 0.2) is 0 Å². The Labute approximate surface area is 204 Å². The molecule has 0 atom stereocenters. The molecule has 0 saturated carbocycles. The van der Waals surface area contributed by atoms with Crippen LogP contribution in [0.5, 0.6) is 5.75 Å². The van der Waals surface area contributed by atoms with E-state index in [-0.39, 0.29) is 4.90 Å². The minimum atomic E-state index is -3.77. The van der Waals surface area contributed by atoms with Gasteiger partial charge >= 0.3 is 0 Å². The van der Waals surface area contributed by atoms with Crippen LogP contribution < -0.4 is 14.9 Å². The van der Waals surface area contributed by atoms with Gasteiger partial charge in [-0.2, -0.15) is 5.10 Å². The standard InChI is InChI=1S/C26H26N4O4S/c1-3-18-6-5-7-24-20(16-27-25(18)24)17-28-29-26(31)19-8-10-21(11-9-19)30-35(32,33)23-14-12-22(13-15-23)34-4-2/h5-17,27,30H,3-4H2,1-2H3,(H,29,31)/b28-17-. The van der Waals surface area contributed by atoms with Crippen LogP contribution in [0.25, 0.3) is 10.9 Å². The van der Waals surface area contributed by atoms with Crippen LogP contribution in [0.15, 0.2) is 82.9 Å². The molecule has 9 heteroatoms. The van der Waals surface area contributed by atoms with Crippen LogP contribution in [-0.2, 0) is 16.4 Å². The normalized spacial score (nSPS) is 11.6. The van der Waals surface area contributed by atoms with Crippen LogP contribution in [0.3, 0.4) is 0 Å². The summed E-state index contributed by atoms with van der Waals surface area (Å²) in [6.07, 6.45) is 4.36. The fourth-order valence-corrected chi connectivity index (χ4v) is 4.71. The van der Waals surface area contributed by atoms with Crippen LogP contribution in [0.4, 0.5) is 5.69 Å². The van der Waals surface area contributed by atoms with Gasteiger partial charge in [0.1, 0.15) is 5.75 Å². The number of fused-ring (bicyclic) bond motifs is 1. The Morgan fingerprint density at radius 1 is 1.03 bits per heavy atom. The number of H-pyrrole nitrogens is 1. The van der Waals surface area contributed by atoms with E-state index >= 15 is 0 Å². The van der Waals surface area contributed by atoms with Gasteiger partial charge in [-0.3, -0.25) is 9.52 Å². The predicted octanol–water partition coefficient (Wildman–Crippen LogP) is 4.69. The summed E-state index contributed by atoms with van der Waals surface area (Å²) in [6.45, 7) is 4.45. The SMILES string of the molecule is CCOc1ccc(S(=O)(=O)Nc2ccc(C(=O)N/N=C\c3c[nH]c4c(CC)cccc34)cc2)cc1. The summed E-state index contributed by atoms with van der Waals surface area (Å²) in [5.74, 6) is 0.191. The number of aromatic nitrogens is 1. The summed E-state index contributed by atoms with van der Waals surface area (Å²) in [4.78, 5) is 15.8. The number of carbonyl (C=O) groups excluding carboxylic acids is 1. The highest BCUT2D eigenvalue weighted by molar-refractivity contribution is 7.92. The lowest BCUT2D eigenvalue weighted by Crippen LogP contribution is -2.18. The number of nitrogens with one attached hydrogen (secondary N) is 3. The van der Waals surface area contributed by atoms with E-state index in [1.54, 1.807) is 18.3 Å². The first-order chi connectivity index (χ1) is 16.9. The molecule has 0 aliphatic rings. The Bertz CT molecular complexity index is 1460. The van der Waals surface area contributed by atoms with Crippen LogP contribution in [0.2, 0.25) is 0 Å². The third-order valence-electron chi connectivity index (χ3n) is 5.43. The second kappa shape index (κ2) is 10.4. The minimum absolute atomic E-state index is 0.112. The maximum Gasteiger partial charge on any atom is 0.271 e. The number of rotatable bonds is 9. The van der Waals surface area contributed by atoms with E-state index in [2.05, 4.69) is 33.2 Å². The van der Waals surface area contributed by atoms with Crippen molar-refractivity contribution in [2.24, 2.45) is 5.10 Å². The number of aromatic amines is 1. The van der Waals surface area contributed by atoms with Crippen molar-refractivity contribution in [3.63, 3.8) is 0 Å². The summed E-state index contributed by atoms with van der Waals surface area (Å²) < 4.78 is 33.1. The monoisotopic (exact) mass is 490 g/mol. The highest BCUT2D eigenvalue weighted by Gasteiger charge is 2.15. The summed E-state index contributed by atoms with van der Waals surface area (Å²) in [7, 11) is -3.77. The zero-order chi connectivity index (χ0) is 24.8. The molecule has 0 aliphatic carbocycles. The van der Waals surface area contributed by atoms with E-state index in [4.69, 9.17) is 4.74 Å². The summed E-state index contributed by atoms with van der Waals surface area (Å²) in [5, 5.41) is 5.11. The van der Waals surface area contributed by atoms with Gasteiger partial charge in [-0.1, -0.05) is 25.1 Å². The zero-order valence-electron chi connectivity index (χ0n) is 19.4. The van der Waals surface area contributed by atoms with Crippen molar-refractivity contribution in [2.45, 2.75) is 25.2 Å². The second-order valence-electron chi connectivity index (χ2n) is 7.72. The maximum absolute atomic E-state index is 12.6. The Morgan fingerprint density at radius 2 is 1.77 bits per heavy atom. The molecule has 0 bridgehead atoms. The number of nitrogens with zero attached hydrogens (tertiary/aromatic N) is 1. The largest absolute Gasteiger partial charge is 0.494 e. The van der Waals surface area contributed by atoms with Gasteiger partial charge in [0.25, 0.3) is 15.9 Å². The van der Waals surface area contributed by atoms with Crippen molar-refractivity contribution in [1.82, 2.24) is 10.4 Å². The topological polar surface area (TPSA) is 113 Å². The number of sulfonamides is 1. The molecule has 8 nitrogen and oxygen atoms in total. The lowest BCUT2D eigenvalue weighted by molar-refractivity contribution is 0.0955. The average molecular weight is 491 g/mol. The second-order valence-corrected chi connectivity index (χ2v) is 9.41. The van der Waals surface area contributed by atoms with Crippen LogP contribution in [0, 0.1) is 0 Å². The van der Waals surface area contributed by atoms with Gasteiger partial charge < -0.3 is 9.72 Å². The van der Waals surface area contributed by atoms with Crippen LogP contribution in [-0.4, -0.2) is 32.1 Å². The van der Waals surface area contributed by atoms with E-state index in [9.17, 15) is 13.2 Å². The number of benzene rings is 3. The predicted molar refractivity (Wildman–Crippen MR) is 138 cm³/mol. The molecule has 0 spiro atoms. The Morgan fingerprint density at radius 3 is 2.46 bits per heavy atom. The van der Waals surface area contributed by atoms with Gasteiger partial charge in [-0.25, -0.2) is 13.8 Å². The first-order valence-corrected chi connectivity index (χ1v) is 12.7. The van der Waals surface area contributed by atoms with Crippen molar-refractivity contribution >= 4 is 38.7 Å². The fraction of sp³-hybridized carbons (Fsp3) is 0.154. The molecular weight excluding hydrogens is 464 g/mol. The van der Waals surface area contributed by atoms with Crippen molar-refractivity contribution in [3.8, 4) is 5.75 Å². The Balaban J connectivity index is 1.39. The number of para-hydroxylation sites is 1. The number of aryl methyl sites for hydroxylation is 1. The number of hydrogen-bond acceptors (Lipinski definition) is 5. The van der Waals surface area contributed by atoms with E-state index < -0.39 is 15.9 Å². The lowest BCUT2D eigenvalue weighted by atomic mass is 10.1. The molecule has 0 aliphatic heterocycles. The van der Waals surface area contributed by atoms with Gasteiger partial charge in [-0.15, -0.1) is 0 Å². The molecule has 4 rings (SSSR count). The number of amides is 1. The molecule has 1 aromatic heterocycles. The van der Waals surface area contributed by atoms with Crippen LogP contribution >= 0.6 is 0 Å². The van der Waals surface area contributed by atoms with E-state index in [0.717, 1.165) is 22.9 Å². The number of ether oxygens (including phenoxy) is 1. The Kier molecular flexibility index (Phi) is 7.17. The Hall–Kier alpha value is -4.11. The van der Waals surface area contributed by atoms with Crippen molar-refractivity contribution < 1.29 is 17.9 Å². The molecule has 35 heavy (non-hydrogen) atoms. The molecule has 3 N–H and O–H groups in total. The summed E-state index contributed by atoms with van der Waals surface area (Å²) >= 11 is 0. The van der Waals surface area contributed by atoms with Crippen molar-refractivity contribution in [1.29, 1.82) is 0 Å². The van der Waals surface area contributed by atoms with Gasteiger partial charge in [-0.05, 0) is 67.4 Å². The van der Waals surface area contributed by atoms with Gasteiger partial charge in [0.2, 0.25) is 0 Å². The van der Waals surface area contributed by atoms with Crippen LogP contribution in [0.1, 0.15) is 35.3 Å². The molecule has 0 fully saturated rings. The smallest absolute Gasteiger partial charge is 0.271 e. The van der Waals surface area contributed by atoms with Gasteiger partial charge in [0.05, 0.1) is 17.7 Å². The number of carbonyl (C=O) groups is 1. The lowest BCUT2D eigenvalue weighted by Gasteiger charge is -2.09. The quantitative estimate of drug-likeness (QED) is 0.233. The number of hydrazone groups is 1. The minimum Gasteiger partial charge on any atom is -0.494 e. The third kappa shape index (κ3) is 5.52. The summed E-state index contributed by atoms with van der Waals surface area (Å²) in [6, 6.07) is 18.3.